The van der Waals surface area contributed by atoms with Gasteiger partial charge in [-0.15, -0.1) is 11.3 Å². The second-order valence-corrected chi connectivity index (χ2v) is 2.93. The van der Waals surface area contributed by atoms with Crippen molar-refractivity contribution in [3.63, 3.8) is 0 Å². The van der Waals surface area contributed by atoms with Gasteiger partial charge in [0, 0.05) is 17.5 Å². The molecule has 54 valence electrons. The molecular formula is C7H9NOS. The highest BCUT2D eigenvalue weighted by Gasteiger charge is 2.05. The van der Waals surface area contributed by atoms with Crippen LogP contribution in [0.4, 0.5) is 0 Å². The summed E-state index contributed by atoms with van der Waals surface area (Å²) in [4.78, 5) is 15.0. The maximum Gasteiger partial charge on any atom is 0.191 e. The Hall–Kier alpha value is -0.700. The van der Waals surface area contributed by atoms with Gasteiger partial charge < -0.3 is 0 Å². The largest absolute Gasteiger partial charge is 0.292 e. The predicted molar refractivity (Wildman–Crippen MR) is 41.5 cm³/mol. The molecule has 0 aliphatic rings. The van der Waals surface area contributed by atoms with Gasteiger partial charge in [-0.1, -0.05) is 6.92 Å². The molecule has 0 saturated heterocycles. The summed E-state index contributed by atoms with van der Waals surface area (Å²) in [5.41, 5.74) is 0.932. The molecule has 1 aromatic rings. The number of nitrogens with zero attached hydrogens (tertiary/aromatic N) is 1. The third kappa shape index (κ3) is 1.42. The molecule has 1 heterocycles. The van der Waals surface area contributed by atoms with Crippen LogP contribution in [0, 0.1) is 6.92 Å². The number of Topliss-reactive ketones (excluding diaryl/α,β-unsaturated/α-hetero) is 1. The summed E-state index contributed by atoms with van der Waals surface area (Å²) in [7, 11) is 0. The Bertz CT molecular complexity index is 242. The fourth-order valence-corrected chi connectivity index (χ4v) is 1.44. The standard InChI is InChI=1S/C7H9NOS/c1-3-6(9)7-8-5(2)4-10-7/h4H,3H2,1-2H3. The van der Waals surface area contributed by atoms with Crippen molar-refractivity contribution in [2.75, 3.05) is 0 Å². The van der Waals surface area contributed by atoms with E-state index < -0.39 is 0 Å². The van der Waals surface area contributed by atoms with Gasteiger partial charge in [-0.05, 0) is 6.92 Å². The minimum Gasteiger partial charge on any atom is -0.292 e. The molecule has 0 saturated carbocycles. The lowest BCUT2D eigenvalue weighted by molar-refractivity contribution is 0.0987. The molecule has 0 atom stereocenters. The number of rotatable bonds is 2. The number of hydrogen-bond acceptors (Lipinski definition) is 3. The molecule has 0 aliphatic heterocycles. The highest BCUT2D eigenvalue weighted by Crippen LogP contribution is 2.10. The van der Waals surface area contributed by atoms with E-state index in [0.29, 0.717) is 11.4 Å². The Labute approximate surface area is 63.9 Å². The van der Waals surface area contributed by atoms with E-state index in [9.17, 15) is 4.79 Å². The molecule has 0 unspecified atom stereocenters. The molecule has 0 aromatic carbocycles. The molecule has 0 radical (unpaired) electrons. The van der Waals surface area contributed by atoms with Crippen LogP contribution in [0.1, 0.15) is 28.8 Å². The van der Waals surface area contributed by atoms with E-state index in [1.807, 2.05) is 19.2 Å². The van der Waals surface area contributed by atoms with E-state index in [4.69, 9.17) is 0 Å². The zero-order valence-corrected chi connectivity index (χ0v) is 6.86. The van der Waals surface area contributed by atoms with Crippen molar-refractivity contribution in [1.82, 2.24) is 4.98 Å². The quantitative estimate of drug-likeness (QED) is 0.612. The summed E-state index contributed by atoms with van der Waals surface area (Å²) < 4.78 is 0. The van der Waals surface area contributed by atoms with E-state index in [-0.39, 0.29) is 5.78 Å². The molecule has 10 heavy (non-hydrogen) atoms. The topological polar surface area (TPSA) is 30.0 Å². The summed E-state index contributed by atoms with van der Waals surface area (Å²) in [6.07, 6.45) is 0.549. The SMILES string of the molecule is CCC(=O)c1nc(C)cs1. The average Bonchev–Trinajstić information content (AvgIpc) is 2.34. The maximum atomic E-state index is 11.0. The Balaban J connectivity index is 2.85. The Morgan fingerprint density at radius 1 is 1.80 bits per heavy atom. The lowest BCUT2D eigenvalue weighted by Gasteiger charge is -1.85. The van der Waals surface area contributed by atoms with E-state index in [1.54, 1.807) is 0 Å². The van der Waals surface area contributed by atoms with Crippen LogP contribution in [-0.4, -0.2) is 10.8 Å². The van der Waals surface area contributed by atoms with Crippen LogP contribution in [0.25, 0.3) is 0 Å². The van der Waals surface area contributed by atoms with Gasteiger partial charge in [-0.25, -0.2) is 4.98 Å². The molecule has 3 heteroatoms. The van der Waals surface area contributed by atoms with Gasteiger partial charge in [0.1, 0.15) is 0 Å². The first-order valence-electron chi connectivity index (χ1n) is 3.19. The van der Waals surface area contributed by atoms with Crippen LogP contribution in [0.3, 0.4) is 0 Å². The minimum absolute atomic E-state index is 0.137. The number of aromatic nitrogens is 1. The third-order valence-electron chi connectivity index (χ3n) is 1.18. The Morgan fingerprint density at radius 3 is 2.90 bits per heavy atom. The van der Waals surface area contributed by atoms with Crippen molar-refractivity contribution in [2.24, 2.45) is 0 Å². The predicted octanol–water partition coefficient (Wildman–Crippen LogP) is 2.04. The first kappa shape index (κ1) is 7.41. The molecule has 2 nitrogen and oxygen atoms in total. The highest BCUT2D eigenvalue weighted by atomic mass is 32.1. The van der Waals surface area contributed by atoms with Crippen molar-refractivity contribution in [3.05, 3.63) is 16.1 Å². The smallest absolute Gasteiger partial charge is 0.191 e. The lowest BCUT2D eigenvalue weighted by atomic mass is 10.3. The van der Waals surface area contributed by atoms with Gasteiger partial charge in [0.15, 0.2) is 10.8 Å². The molecule has 1 aromatic heterocycles. The van der Waals surface area contributed by atoms with Crippen LogP contribution in [-0.2, 0) is 0 Å². The van der Waals surface area contributed by atoms with Crippen LogP contribution in [0.5, 0.6) is 0 Å². The molecular weight excluding hydrogens is 146 g/mol. The number of ketones is 1. The van der Waals surface area contributed by atoms with Gasteiger partial charge in [0.25, 0.3) is 0 Å². The second kappa shape index (κ2) is 2.92. The van der Waals surface area contributed by atoms with Crippen LogP contribution in [0.2, 0.25) is 0 Å². The highest BCUT2D eigenvalue weighted by molar-refractivity contribution is 7.11. The van der Waals surface area contributed by atoms with Gasteiger partial charge in [0.05, 0.1) is 0 Å². The molecule has 1 rings (SSSR count). The summed E-state index contributed by atoms with van der Waals surface area (Å²) in [5, 5.41) is 2.53. The number of thiazole rings is 1. The second-order valence-electron chi connectivity index (χ2n) is 2.07. The van der Waals surface area contributed by atoms with Crippen molar-refractivity contribution in [2.45, 2.75) is 20.3 Å². The van der Waals surface area contributed by atoms with Crippen molar-refractivity contribution < 1.29 is 4.79 Å². The van der Waals surface area contributed by atoms with Gasteiger partial charge in [-0.3, -0.25) is 4.79 Å². The number of aryl methyl sites for hydroxylation is 1. The number of carbonyl (C=O) groups is 1. The van der Waals surface area contributed by atoms with Gasteiger partial charge >= 0.3 is 0 Å². The summed E-state index contributed by atoms with van der Waals surface area (Å²) in [5.74, 6) is 0.137. The van der Waals surface area contributed by atoms with Crippen molar-refractivity contribution in [3.8, 4) is 0 Å². The zero-order valence-electron chi connectivity index (χ0n) is 6.05. The molecule has 0 amide bonds. The first-order chi connectivity index (χ1) is 4.74. The monoisotopic (exact) mass is 155 g/mol. The van der Waals surface area contributed by atoms with Crippen LogP contribution >= 0.6 is 11.3 Å². The normalized spacial score (nSPS) is 9.80. The summed E-state index contributed by atoms with van der Waals surface area (Å²) >= 11 is 1.42. The fourth-order valence-electron chi connectivity index (χ4n) is 0.633. The molecule has 0 N–H and O–H groups in total. The zero-order chi connectivity index (χ0) is 7.56. The molecule has 0 bridgehead atoms. The van der Waals surface area contributed by atoms with Crippen LogP contribution in [0.15, 0.2) is 5.38 Å². The molecule has 0 fully saturated rings. The minimum atomic E-state index is 0.137. The van der Waals surface area contributed by atoms with Gasteiger partial charge in [0.2, 0.25) is 0 Å². The Morgan fingerprint density at radius 2 is 2.50 bits per heavy atom. The Kier molecular flexibility index (Phi) is 2.17. The summed E-state index contributed by atoms with van der Waals surface area (Å²) in [6.45, 7) is 3.74. The van der Waals surface area contributed by atoms with Crippen molar-refractivity contribution in [1.29, 1.82) is 0 Å². The van der Waals surface area contributed by atoms with Crippen LogP contribution < -0.4 is 0 Å². The molecule has 0 aliphatic carbocycles. The summed E-state index contributed by atoms with van der Waals surface area (Å²) in [6, 6.07) is 0. The lowest BCUT2D eigenvalue weighted by Crippen LogP contribution is -1.94. The number of hydrogen-bond donors (Lipinski definition) is 0. The van der Waals surface area contributed by atoms with Crippen molar-refractivity contribution >= 4 is 17.1 Å². The maximum absolute atomic E-state index is 11.0. The number of carbonyl (C=O) groups excluding carboxylic acids is 1. The fraction of sp³-hybridized carbons (Fsp3) is 0.429. The molecule has 0 spiro atoms. The van der Waals surface area contributed by atoms with E-state index >= 15 is 0 Å². The first-order valence-corrected chi connectivity index (χ1v) is 4.07. The van der Waals surface area contributed by atoms with E-state index in [2.05, 4.69) is 4.98 Å². The van der Waals surface area contributed by atoms with Gasteiger partial charge in [-0.2, -0.15) is 0 Å². The van der Waals surface area contributed by atoms with E-state index in [0.717, 1.165) is 5.69 Å². The average molecular weight is 155 g/mol. The van der Waals surface area contributed by atoms with E-state index in [1.165, 1.54) is 11.3 Å². The third-order valence-corrected chi connectivity index (χ3v) is 2.18.